The van der Waals surface area contributed by atoms with E-state index in [4.69, 9.17) is 0 Å². The van der Waals surface area contributed by atoms with E-state index in [1.807, 2.05) is 0 Å². The minimum absolute atomic E-state index is 0.125. The third-order valence-electron chi connectivity index (χ3n) is 5.77. The van der Waals surface area contributed by atoms with Gasteiger partial charge in [0.2, 0.25) is 0 Å². The molecule has 0 bridgehead atoms. The van der Waals surface area contributed by atoms with E-state index in [9.17, 15) is 31.5 Å². The lowest BCUT2D eigenvalue weighted by Crippen LogP contribution is -2.45. The fraction of sp³-hybridized carbons (Fsp3) is 0.480. The zero-order valence-electron chi connectivity index (χ0n) is 19.4. The smallest absolute Gasteiger partial charge is 0.376 e. The molecule has 2 N–H and O–H groups in total. The van der Waals surface area contributed by atoms with E-state index in [0.717, 1.165) is 25.0 Å². The summed E-state index contributed by atoms with van der Waals surface area (Å²) < 4.78 is 65.7. The minimum Gasteiger partial charge on any atom is -0.376 e. The second kappa shape index (κ2) is 9.34. The number of rotatable bonds is 8. The van der Waals surface area contributed by atoms with Gasteiger partial charge in [0.05, 0.1) is 10.6 Å². The lowest BCUT2D eigenvalue weighted by Gasteiger charge is -2.36. The van der Waals surface area contributed by atoms with E-state index >= 15 is 0 Å². The van der Waals surface area contributed by atoms with Crippen molar-refractivity contribution in [2.75, 3.05) is 5.75 Å². The molecule has 1 amide bonds. The van der Waals surface area contributed by atoms with Crippen molar-refractivity contribution in [2.24, 2.45) is 11.3 Å². The Kier molecular flexibility index (Phi) is 7.20. The number of aliphatic hydroxyl groups is 1. The number of sulfone groups is 1. The first-order valence-corrected chi connectivity index (χ1v) is 12.8. The molecule has 3 rings (SSSR count). The van der Waals surface area contributed by atoms with Crippen molar-refractivity contribution in [3.8, 4) is 0 Å². The van der Waals surface area contributed by atoms with E-state index in [-0.39, 0.29) is 34.2 Å². The van der Waals surface area contributed by atoms with E-state index in [1.54, 1.807) is 32.9 Å². The SMILES string of the molecule is CC(C)(C)CC(O)(c1ccc(C(=O)NCc2ccc(S(=O)(=O)CC3CC3)cc2)cc1)C(F)(F)F. The quantitative estimate of drug-likeness (QED) is 0.539. The maximum Gasteiger partial charge on any atom is 0.421 e. The summed E-state index contributed by atoms with van der Waals surface area (Å²) in [7, 11) is -3.31. The number of halogens is 3. The molecule has 5 nitrogen and oxygen atoms in total. The summed E-state index contributed by atoms with van der Waals surface area (Å²) in [5, 5.41) is 13.2. The maximum absolute atomic E-state index is 13.7. The molecular formula is C25H30F3NO4S. The molecule has 1 aliphatic carbocycles. The first-order valence-electron chi connectivity index (χ1n) is 11.1. The monoisotopic (exact) mass is 497 g/mol. The van der Waals surface area contributed by atoms with Crippen LogP contribution in [0.5, 0.6) is 0 Å². The van der Waals surface area contributed by atoms with Crippen molar-refractivity contribution < 1.29 is 31.5 Å². The molecule has 0 spiro atoms. The van der Waals surface area contributed by atoms with Crippen molar-refractivity contribution in [1.82, 2.24) is 5.32 Å². The van der Waals surface area contributed by atoms with Crippen LogP contribution >= 0.6 is 0 Å². The number of alkyl halides is 3. The number of benzene rings is 2. The van der Waals surface area contributed by atoms with Crippen LogP contribution in [0.4, 0.5) is 13.2 Å². The van der Waals surface area contributed by atoms with Gasteiger partial charge in [0.25, 0.3) is 5.91 Å². The minimum atomic E-state index is -4.87. The Labute approximate surface area is 198 Å². The average Bonchev–Trinajstić information content (AvgIpc) is 3.53. The van der Waals surface area contributed by atoms with Crippen molar-refractivity contribution in [3.63, 3.8) is 0 Å². The van der Waals surface area contributed by atoms with Gasteiger partial charge >= 0.3 is 6.18 Å². The molecule has 1 fully saturated rings. The first-order chi connectivity index (χ1) is 15.6. The highest BCUT2D eigenvalue weighted by Gasteiger charge is 2.56. The first kappa shape index (κ1) is 26.2. The van der Waals surface area contributed by atoms with Crippen LogP contribution in [-0.2, 0) is 22.0 Å². The summed E-state index contributed by atoms with van der Waals surface area (Å²) in [5.74, 6) is -0.0996. The van der Waals surface area contributed by atoms with E-state index in [1.165, 1.54) is 24.3 Å². The van der Waals surface area contributed by atoms with Gasteiger partial charge in [-0.25, -0.2) is 8.42 Å². The molecule has 34 heavy (non-hydrogen) atoms. The van der Waals surface area contributed by atoms with Crippen LogP contribution in [0.2, 0.25) is 0 Å². The Morgan fingerprint density at radius 3 is 2.03 bits per heavy atom. The zero-order valence-corrected chi connectivity index (χ0v) is 20.3. The highest BCUT2D eigenvalue weighted by Crippen LogP contribution is 2.46. The summed E-state index contributed by atoms with van der Waals surface area (Å²) >= 11 is 0. The van der Waals surface area contributed by atoms with Crippen LogP contribution in [0.1, 0.15) is 61.5 Å². The molecule has 1 aliphatic rings. The normalized spacial score (nSPS) is 16.7. The Balaban J connectivity index is 1.65. The Morgan fingerprint density at radius 2 is 1.56 bits per heavy atom. The summed E-state index contributed by atoms with van der Waals surface area (Å²) in [6, 6.07) is 11.0. The summed E-state index contributed by atoms with van der Waals surface area (Å²) in [6.07, 6.45) is -3.52. The predicted molar refractivity (Wildman–Crippen MR) is 123 cm³/mol. The topological polar surface area (TPSA) is 83.5 Å². The number of hydrogen-bond donors (Lipinski definition) is 2. The largest absolute Gasteiger partial charge is 0.421 e. The van der Waals surface area contributed by atoms with Crippen LogP contribution in [0.25, 0.3) is 0 Å². The predicted octanol–water partition coefficient (Wildman–Crippen LogP) is 4.99. The van der Waals surface area contributed by atoms with Crippen LogP contribution in [0, 0.1) is 11.3 Å². The van der Waals surface area contributed by atoms with Gasteiger partial charge in [0, 0.05) is 12.1 Å². The highest BCUT2D eigenvalue weighted by atomic mass is 32.2. The molecule has 2 aromatic carbocycles. The molecule has 1 saturated carbocycles. The van der Waals surface area contributed by atoms with Gasteiger partial charge < -0.3 is 10.4 Å². The summed E-state index contributed by atoms with van der Waals surface area (Å²) in [6.45, 7) is 4.96. The lowest BCUT2D eigenvalue weighted by atomic mass is 9.77. The fourth-order valence-electron chi connectivity index (χ4n) is 3.82. The van der Waals surface area contributed by atoms with Crippen LogP contribution in [-0.4, -0.2) is 31.4 Å². The molecule has 1 unspecified atom stereocenters. The van der Waals surface area contributed by atoms with Gasteiger partial charge in [0.1, 0.15) is 0 Å². The van der Waals surface area contributed by atoms with Crippen molar-refractivity contribution in [2.45, 2.75) is 63.3 Å². The molecule has 0 aromatic heterocycles. The molecule has 1 atom stereocenters. The van der Waals surface area contributed by atoms with Crippen molar-refractivity contribution in [3.05, 3.63) is 65.2 Å². The molecule has 0 radical (unpaired) electrons. The second-order valence-electron chi connectivity index (χ2n) is 10.2. The average molecular weight is 498 g/mol. The third-order valence-corrected chi connectivity index (χ3v) is 7.67. The van der Waals surface area contributed by atoms with Crippen molar-refractivity contribution >= 4 is 15.7 Å². The number of hydrogen-bond acceptors (Lipinski definition) is 4. The van der Waals surface area contributed by atoms with Gasteiger partial charge in [-0.3, -0.25) is 4.79 Å². The number of amides is 1. The van der Waals surface area contributed by atoms with E-state index in [2.05, 4.69) is 5.32 Å². The molecule has 0 saturated heterocycles. The van der Waals surface area contributed by atoms with E-state index in [0.29, 0.717) is 5.56 Å². The number of carbonyl (C=O) groups is 1. The summed E-state index contributed by atoms with van der Waals surface area (Å²) in [5.41, 5.74) is -3.30. The van der Waals surface area contributed by atoms with Crippen LogP contribution in [0.3, 0.4) is 0 Å². The summed E-state index contributed by atoms with van der Waals surface area (Å²) in [4.78, 5) is 12.7. The zero-order chi connectivity index (χ0) is 25.4. The van der Waals surface area contributed by atoms with Crippen LogP contribution in [0.15, 0.2) is 53.4 Å². The lowest BCUT2D eigenvalue weighted by molar-refractivity contribution is -0.276. The van der Waals surface area contributed by atoms with Gasteiger partial charge in [-0.2, -0.15) is 13.2 Å². The van der Waals surface area contributed by atoms with E-state index < -0.39 is 39.4 Å². The molecule has 186 valence electrons. The Bertz CT molecular complexity index is 1120. The van der Waals surface area contributed by atoms with Crippen molar-refractivity contribution in [1.29, 1.82) is 0 Å². The standard InChI is InChI=1S/C25H30F3NO4S/c1-23(2,3)16-24(31,25(26,27)28)20-10-8-19(9-11-20)22(30)29-14-17-6-12-21(13-7-17)34(32,33)15-18-4-5-18/h6-13,18,31H,4-5,14-16H2,1-3H3,(H,29,30). The number of carbonyl (C=O) groups excluding carboxylic acids is 1. The second-order valence-corrected chi connectivity index (χ2v) is 12.3. The Hall–Kier alpha value is -2.39. The van der Waals surface area contributed by atoms with Gasteiger partial charge in [-0.1, -0.05) is 45.0 Å². The highest BCUT2D eigenvalue weighted by molar-refractivity contribution is 7.91. The van der Waals surface area contributed by atoms with Crippen LogP contribution < -0.4 is 5.32 Å². The Morgan fingerprint density at radius 1 is 1.00 bits per heavy atom. The molecular weight excluding hydrogens is 467 g/mol. The third kappa shape index (κ3) is 6.39. The molecule has 0 heterocycles. The molecule has 9 heteroatoms. The fourth-order valence-corrected chi connectivity index (χ4v) is 5.52. The van der Waals surface area contributed by atoms with Gasteiger partial charge in [-0.15, -0.1) is 0 Å². The van der Waals surface area contributed by atoms with Gasteiger partial charge in [-0.05, 0) is 66.0 Å². The molecule has 2 aromatic rings. The number of nitrogens with one attached hydrogen (secondary N) is 1. The van der Waals surface area contributed by atoms with Gasteiger partial charge in [0.15, 0.2) is 15.4 Å². The molecule has 0 aliphatic heterocycles. The maximum atomic E-state index is 13.7.